The molecule has 0 atom stereocenters. The predicted octanol–water partition coefficient (Wildman–Crippen LogP) is 4.24. The molecule has 0 saturated carbocycles. The van der Waals surface area contributed by atoms with Crippen molar-refractivity contribution in [2.75, 3.05) is 11.9 Å². The highest BCUT2D eigenvalue weighted by atomic mass is 16.6. The molecule has 1 aromatic rings. The number of nitro groups is 1. The van der Waals surface area contributed by atoms with Gasteiger partial charge in [0, 0.05) is 23.9 Å². The van der Waals surface area contributed by atoms with Crippen LogP contribution in [0.15, 0.2) is 18.2 Å². The van der Waals surface area contributed by atoms with Crippen molar-refractivity contribution < 1.29 is 4.92 Å². The Kier molecular flexibility index (Phi) is 5.33. The molecule has 0 radical (unpaired) electrons. The van der Waals surface area contributed by atoms with E-state index in [0.717, 1.165) is 12.2 Å². The van der Waals surface area contributed by atoms with Crippen molar-refractivity contribution in [2.24, 2.45) is 17.8 Å². The van der Waals surface area contributed by atoms with Gasteiger partial charge in [0.15, 0.2) is 0 Å². The molecule has 0 fully saturated rings. The quantitative estimate of drug-likeness (QED) is 0.617. The second-order valence-electron chi connectivity index (χ2n) is 5.74. The molecule has 0 aliphatic rings. The van der Waals surface area contributed by atoms with Gasteiger partial charge in [-0.3, -0.25) is 10.1 Å². The lowest BCUT2D eigenvalue weighted by Crippen LogP contribution is -2.24. The first-order valence-electron chi connectivity index (χ1n) is 6.82. The summed E-state index contributed by atoms with van der Waals surface area (Å²) < 4.78 is 0. The van der Waals surface area contributed by atoms with E-state index >= 15 is 0 Å². The van der Waals surface area contributed by atoms with Crippen molar-refractivity contribution in [3.05, 3.63) is 33.9 Å². The zero-order valence-corrected chi connectivity index (χ0v) is 12.4. The maximum atomic E-state index is 10.9. The molecule has 19 heavy (non-hydrogen) atoms. The number of anilines is 1. The molecule has 1 N–H and O–H groups in total. The van der Waals surface area contributed by atoms with Crippen molar-refractivity contribution in [1.29, 1.82) is 0 Å². The van der Waals surface area contributed by atoms with Gasteiger partial charge in [-0.1, -0.05) is 33.8 Å². The van der Waals surface area contributed by atoms with Crippen LogP contribution in [0.5, 0.6) is 0 Å². The van der Waals surface area contributed by atoms with Gasteiger partial charge in [-0.25, -0.2) is 0 Å². The van der Waals surface area contributed by atoms with Crippen LogP contribution in [0.25, 0.3) is 0 Å². The maximum absolute atomic E-state index is 10.9. The summed E-state index contributed by atoms with van der Waals surface area (Å²) in [7, 11) is 0. The van der Waals surface area contributed by atoms with E-state index < -0.39 is 0 Å². The molecule has 0 heterocycles. The zero-order chi connectivity index (χ0) is 14.6. The Morgan fingerprint density at radius 3 is 2.26 bits per heavy atom. The van der Waals surface area contributed by atoms with Crippen LogP contribution in [0.4, 0.5) is 11.4 Å². The average Bonchev–Trinajstić information content (AvgIpc) is 2.30. The molecule has 106 valence electrons. The van der Waals surface area contributed by atoms with Crippen LogP contribution in [0.3, 0.4) is 0 Å². The second-order valence-corrected chi connectivity index (χ2v) is 5.74. The van der Waals surface area contributed by atoms with Crippen LogP contribution < -0.4 is 5.32 Å². The third kappa shape index (κ3) is 3.94. The average molecular weight is 264 g/mol. The Hall–Kier alpha value is -1.58. The number of nitrogens with zero attached hydrogens (tertiary/aromatic N) is 1. The van der Waals surface area contributed by atoms with Crippen LogP contribution in [0.2, 0.25) is 0 Å². The van der Waals surface area contributed by atoms with E-state index in [9.17, 15) is 10.1 Å². The van der Waals surface area contributed by atoms with E-state index in [0.29, 0.717) is 23.3 Å². The Morgan fingerprint density at radius 1 is 1.21 bits per heavy atom. The highest BCUT2D eigenvalue weighted by molar-refractivity contribution is 5.59. The number of rotatable bonds is 6. The maximum Gasteiger partial charge on any atom is 0.274 e. The Morgan fingerprint density at radius 2 is 1.79 bits per heavy atom. The van der Waals surface area contributed by atoms with Crippen LogP contribution in [-0.4, -0.2) is 11.5 Å². The van der Waals surface area contributed by atoms with Gasteiger partial charge in [0.05, 0.1) is 4.92 Å². The summed E-state index contributed by atoms with van der Waals surface area (Å²) in [6, 6.07) is 5.18. The van der Waals surface area contributed by atoms with Crippen molar-refractivity contribution in [3.63, 3.8) is 0 Å². The lowest BCUT2D eigenvalue weighted by Gasteiger charge is -2.26. The fourth-order valence-corrected chi connectivity index (χ4v) is 2.48. The van der Waals surface area contributed by atoms with Gasteiger partial charge in [-0.2, -0.15) is 0 Å². The highest BCUT2D eigenvalue weighted by Gasteiger charge is 2.18. The van der Waals surface area contributed by atoms with E-state index in [1.165, 1.54) is 0 Å². The third-order valence-electron chi connectivity index (χ3n) is 3.74. The van der Waals surface area contributed by atoms with E-state index in [2.05, 4.69) is 33.0 Å². The van der Waals surface area contributed by atoms with Crippen LogP contribution in [-0.2, 0) is 0 Å². The third-order valence-corrected chi connectivity index (χ3v) is 3.74. The summed E-state index contributed by atoms with van der Waals surface area (Å²) in [5.74, 6) is 1.73. The minimum atomic E-state index is -0.330. The number of hydrogen-bond donors (Lipinski definition) is 1. The summed E-state index contributed by atoms with van der Waals surface area (Å²) >= 11 is 0. The van der Waals surface area contributed by atoms with Gasteiger partial charge in [0.25, 0.3) is 5.69 Å². The van der Waals surface area contributed by atoms with Crippen molar-refractivity contribution >= 4 is 11.4 Å². The normalized spacial score (nSPS) is 11.4. The molecule has 1 rings (SSSR count). The predicted molar refractivity (Wildman–Crippen MR) is 79.5 cm³/mol. The largest absolute Gasteiger partial charge is 0.384 e. The topological polar surface area (TPSA) is 55.2 Å². The molecule has 4 heteroatoms. The molecule has 1 aromatic carbocycles. The number of nitro benzene ring substituents is 1. The van der Waals surface area contributed by atoms with E-state index in [4.69, 9.17) is 0 Å². The lowest BCUT2D eigenvalue weighted by molar-refractivity contribution is -0.385. The van der Waals surface area contributed by atoms with E-state index in [1.54, 1.807) is 19.1 Å². The Balaban J connectivity index is 2.83. The lowest BCUT2D eigenvalue weighted by atomic mass is 9.85. The molecule has 0 spiro atoms. The second kappa shape index (κ2) is 6.55. The molecule has 0 aromatic heterocycles. The van der Waals surface area contributed by atoms with Gasteiger partial charge >= 0.3 is 0 Å². The fourth-order valence-electron chi connectivity index (χ4n) is 2.48. The minimum absolute atomic E-state index is 0.177. The first-order valence-corrected chi connectivity index (χ1v) is 6.82. The molecule has 0 aliphatic carbocycles. The van der Waals surface area contributed by atoms with Crippen LogP contribution >= 0.6 is 0 Å². The molecule has 0 bridgehead atoms. The summed E-state index contributed by atoms with van der Waals surface area (Å²) in [6.07, 6.45) is 0. The van der Waals surface area contributed by atoms with Crippen molar-refractivity contribution in [2.45, 2.75) is 34.6 Å². The fraction of sp³-hybridized carbons (Fsp3) is 0.600. The van der Waals surface area contributed by atoms with Crippen LogP contribution in [0, 0.1) is 34.8 Å². The van der Waals surface area contributed by atoms with E-state index in [1.807, 2.05) is 6.07 Å². The molecule has 0 amide bonds. The summed E-state index contributed by atoms with van der Waals surface area (Å²) in [5, 5.41) is 14.3. The van der Waals surface area contributed by atoms with Crippen molar-refractivity contribution in [3.8, 4) is 0 Å². The van der Waals surface area contributed by atoms with E-state index in [-0.39, 0.29) is 10.6 Å². The summed E-state index contributed by atoms with van der Waals surface area (Å²) in [5.41, 5.74) is 1.75. The molecular weight excluding hydrogens is 240 g/mol. The molecular formula is C15H24N2O2. The van der Waals surface area contributed by atoms with Gasteiger partial charge in [-0.15, -0.1) is 0 Å². The Bertz CT molecular complexity index is 434. The molecule has 4 nitrogen and oxygen atoms in total. The van der Waals surface area contributed by atoms with Gasteiger partial charge in [0.1, 0.15) is 0 Å². The molecule has 0 saturated heterocycles. The van der Waals surface area contributed by atoms with Gasteiger partial charge in [-0.05, 0) is 30.7 Å². The smallest absolute Gasteiger partial charge is 0.274 e. The van der Waals surface area contributed by atoms with Gasteiger partial charge < -0.3 is 5.32 Å². The minimum Gasteiger partial charge on any atom is -0.384 e. The monoisotopic (exact) mass is 264 g/mol. The number of hydrogen-bond acceptors (Lipinski definition) is 3. The Labute approximate surface area is 115 Å². The first-order chi connectivity index (χ1) is 8.84. The number of nitrogens with one attached hydrogen (secondary N) is 1. The van der Waals surface area contributed by atoms with Crippen molar-refractivity contribution in [1.82, 2.24) is 0 Å². The molecule has 0 unspecified atom stereocenters. The zero-order valence-electron chi connectivity index (χ0n) is 12.4. The first kappa shape index (κ1) is 15.5. The van der Waals surface area contributed by atoms with Gasteiger partial charge in [0.2, 0.25) is 0 Å². The number of benzene rings is 1. The SMILES string of the molecule is Cc1c(NCC(C(C)C)C(C)C)cccc1[N+](=O)[O-]. The van der Waals surface area contributed by atoms with Crippen LogP contribution in [0.1, 0.15) is 33.3 Å². The highest BCUT2D eigenvalue weighted by Crippen LogP contribution is 2.27. The summed E-state index contributed by atoms with van der Waals surface area (Å²) in [4.78, 5) is 10.6. The summed E-state index contributed by atoms with van der Waals surface area (Å²) in [6.45, 7) is 11.5. The molecule has 0 aliphatic heterocycles. The standard InChI is InChI=1S/C15H24N2O2/c1-10(2)13(11(3)4)9-16-14-7-6-8-15(12(14)5)17(18)19/h6-8,10-11,13,16H,9H2,1-5H3.